The molecule has 8 heteroatoms. The summed E-state index contributed by atoms with van der Waals surface area (Å²) in [5.41, 5.74) is 6.21. The highest BCUT2D eigenvalue weighted by atomic mass is 19.2. The maximum atomic E-state index is 13.6. The van der Waals surface area contributed by atoms with Crippen molar-refractivity contribution >= 4 is 16.8 Å². The zero-order valence-electron chi connectivity index (χ0n) is 17.5. The molecule has 3 aromatic rings. The number of ether oxygens (including phenoxy) is 1. The Morgan fingerprint density at radius 2 is 2.00 bits per heavy atom. The molecule has 2 aromatic heterocycles. The van der Waals surface area contributed by atoms with Gasteiger partial charge in [0.15, 0.2) is 17.0 Å². The summed E-state index contributed by atoms with van der Waals surface area (Å²) in [7, 11) is 1.40. The van der Waals surface area contributed by atoms with E-state index < -0.39 is 17.5 Å². The number of fused-ring (bicyclic) bond motifs is 1. The number of carbonyl (C=O) groups is 1. The highest BCUT2D eigenvalue weighted by molar-refractivity contribution is 6.03. The quantitative estimate of drug-likeness (QED) is 0.649. The minimum atomic E-state index is -0.858. The molecular weight excluding hydrogens is 404 g/mol. The Balaban J connectivity index is 0.000000179. The molecule has 1 aliphatic rings. The summed E-state index contributed by atoms with van der Waals surface area (Å²) in [6.45, 7) is 2.21. The lowest BCUT2D eigenvalue weighted by Crippen LogP contribution is -2.17. The predicted molar refractivity (Wildman–Crippen MR) is 114 cm³/mol. The molecule has 31 heavy (non-hydrogen) atoms. The third kappa shape index (κ3) is 4.90. The Labute approximate surface area is 178 Å². The number of pyridine rings is 2. The van der Waals surface area contributed by atoms with Crippen LogP contribution in [0.4, 0.5) is 8.78 Å². The number of benzene rings is 1. The van der Waals surface area contributed by atoms with Gasteiger partial charge in [-0.2, -0.15) is 4.39 Å². The van der Waals surface area contributed by atoms with Crippen LogP contribution in [-0.4, -0.2) is 23.0 Å². The number of hydrogen-bond acceptors (Lipinski definition) is 4. The summed E-state index contributed by atoms with van der Waals surface area (Å²) < 4.78 is 31.8. The molecule has 6 nitrogen and oxygen atoms in total. The third-order valence-electron chi connectivity index (χ3n) is 5.57. The monoisotopic (exact) mass is 429 g/mol. The molecule has 3 N–H and O–H groups in total. The van der Waals surface area contributed by atoms with Crippen LogP contribution in [0.5, 0.6) is 5.75 Å². The Morgan fingerprint density at radius 3 is 2.68 bits per heavy atom. The molecule has 1 aromatic carbocycles. The zero-order chi connectivity index (χ0) is 22.5. The Hall–Kier alpha value is -3.29. The minimum Gasteiger partial charge on any atom is -0.493 e. The predicted octanol–water partition coefficient (Wildman–Crippen LogP) is 4.29. The van der Waals surface area contributed by atoms with E-state index in [1.54, 1.807) is 12.1 Å². The van der Waals surface area contributed by atoms with Crippen LogP contribution in [0.25, 0.3) is 10.9 Å². The largest absolute Gasteiger partial charge is 0.493 e. The Kier molecular flexibility index (Phi) is 6.99. The van der Waals surface area contributed by atoms with Crippen LogP contribution in [-0.2, 0) is 0 Å². The number of rotatable bonds is 3. The van der Waals surface area contributed by atoms with Gasteiger partial charge in [0.2, 0.25) is 5.82 Å². The van der Waals surface area contributed by atoms with Crippen LogP contribution in [0.2, 0.25) is 0 Å². The van der Waals surface area contributed by atoms with Gasteiger partial charge in [0.1, 0.15) is 5.69 Å². The van der Waals surface area contributed by atoms with E-state index in [2.05, 4.69) is 16.9 Å². The summed E-state index contributed by atoms with van der Waals surface area (Å²) in [6.07, 6.45) is 7.37. The normalized spacial score (nSPS) is 18.2. The van der Waals surface area contributed by atoms with Crippen molar-refractivity contribution in [2.24, 2.45) is 11.7 Å². The van der Waals surface area contributed by atoms with E-state index in [0.717, 1.165) is 24.8 Å². The van der Waals surface area contributed by atoms with Crippen molar-refractivity contribution in [3.8, 4) is 5.75 Å². The molecule has 1 fully saturated rings. The first-order valence-electron chi connectivity index (χ1n) is 10.1. The fraction of sp³-hybridized carbons (Fsp3) is 0.348. The smallest absolute Gasteiger partial charge is 0.268 e. The van der Waals surface area contributed by atoms with Crippen molar-refractivity contribution < 1.29 is 18.3 Å². The fourth-order valence-corrected chi connectivity index (χ4v) is 4.10. The lowest BCUT2D eigenvalue weighted by molar-refractivity contribution is 0.0997. The van der Waals surface area contributed by atoms with Gasteiger partial charge in [-0.1, -0.05) is 25.8 Å². The van der Waals surface area contributed by atoms with Crippen molar-refractivity contribution in [3.63, 3.8) is 0 Å². The standard InChI is InChI=1S/C14H18F2O.C9H7N3O2/c1-9-4-3-5-10(8-9)11-6-7-12(15)13(16)14(11)17-2;10-9(14)8-7-5(1-3-12-8)11-4-2-6(7)13/h6-7,9-10H,3-5,8H2,1-2H3;1-4H,(H2,10,14)(H,11,13). The van der Waals surface area contributed by atoms with Crippen molar-refractivity contribution in [2.75, 3.05) is 7.11 Å². The molecule has 1 saturated carbocycles. The van der Waals surface area contributed by atoms with Gasteiger partial charge in [0.05, 0.1) is 18.0 Å². The number of hydrogen-bond donors (Lipinski definition) is 2. The second kappa shape index (κ2) is 9.68. The van der Waals surface area contributed by atoms with Gasteiger partial charge in [-0.25, -0.2) is 4.39 Å². The molecule has 0 radical (unpaired) electrons. The molecule has 4 rings (SSSR count). The summed E-state index contributed by atoms with van der Waals surface area (Å²) in [4.78, 5) is 29.0. The number of nitrogens with two attached hydrogens (primary N) is 1. The first-order valence-corrected chi connectivity index (χ1v) is 10.1. The van der Waals surface area contributed by atoms with Crippen LogP contribution in [0, 0.1) is 17.6 Å². The van der Waals surface area contributed by atoms with Crippen LogP contribution in [0.1, 0.15) is 54.6 Å². The zero-order valence-corrected chi connectivity index (χ0v) is 17.5. The van der Waals surface area contributed by atoms with Gasteiger partial charge in [-0.3, -0.25) is 14.6 Å². The number of H-pyrrole nitrogens is 1. The molecule has 1 amide bonds. The number of aromatic amines is 1. The van der Waals surface area contributed by atoms with Gasteiger partial charge < -0.3 is 15.5 Å². The van der Waals surface area contributed by atoms with Crippen molar-refractivity contribution in [1.82, 2.24) is 9.97 Å². The van der Waals surface area contributed by atoms with Crippen LogP contribution in [0.3, 0.4) is 0 Å². The van der Waals surface area contributed by atoms with Gasteiger partial charge in [-0.05, 0) is 36.8 Å². The number of methoxy groups -OCH3 is 1. The Bertz CT molecular complexity index is 1140. The topological polar surface area (TPSA) is 98.1 Å². The average molecular weight is 429 g/mol. The maximum absolute atomic E-state index is 13.6. The molecule has 0 aliphatic heterocycles. The van der Waals surface area contributed by atoms with Crippen molar-refractivity contribution in [3.05, 3.63) is 69.8 Å². The number of aromatic nitrogens is 2. The van der Waals surface area contributed by atoms with Gasteiger partial charge in [0.25, 0.3) is 5.91 Å². The fourth-order valence-electron chi connectivity index (χ4n) is 4.10. The second-order valence-electron chi connectivity index (χ2n) is 7.74. The van der Waals surface area contributed by atoms with E-state index in [9.17, 15) is 18.4 Å². The number of carbonyl (C=O) groups excluding carboxylic acids is 1. The van der Waals surface area contributed by atoms with Crippen molar-refractivity contribution in [2.45, 2.75) is 38.5 Å². The lowest BCUT2D eigenvalue weighted by Gasteiger charge is -2.28. The number of halogens is 2. The van der Waals surface area contributed by atoms with Gasteiger partial charge >= 0.3 is 0 Å². The average Bonchev–Trinajstić information content (AvgIpc) is 2.75. The van der Waals surface area contributed by atoms with E-state index in [1.165, 1.54) is 38.1 Å². The van der Waals surface area contributed by atoms with E-state index in [1.807, 2.05) is 0 Å². The number of nitrogens with one attached hydrogen (secondary N) is 1. The highest BCUT2D eigenvalue weighted by Crippen LogP contribution is 2.41. The summed E-state index contributed by atoms with van der Waals surface area (Å²) >= 11 is 0. The maximum Gasteiger partial charge on any atom is 0.268 e. The SMILES string of the molecule is COc1c(C2CCCC(C)C2)ccc(F)c1F.NC(=O)c1nccc2[nH]ccc(=O)c12. The van der Waals surface area contributed by atoms with E-state index in [-0.39, 0.29) is 22.3 Å². The Morgan fingerprint density at radius 1 is 1.23 bits per heavy atom. The molecule has 2 heterocycles. The molecule has 2 unspecified atom stereocenters. The van der Waals surface area contributed by atoms with E-state index in [4.69, 9.17) is 10.5 Å². The third-order valence-corrected chi connectivity index (χ3v) is 5.57. The molecule has 0 bridgehead atoms. The van der Waals surface area contributed by atoms with Crippen LogP contribution >= 0.6 is 0 Å². The van der Waals surface area contributed by atoms with E-state index in [0.29, 0.717) is 17.4 Å². The molecule has 1 aliphatic carbocycles. The molecule has 0 spiro atoms. The first-order chi connectivity index (χ1) is 14.8. The summed E-state index contributed by atoms with van der Waals surface area (Å²) in [5, 5.41) is 0.238. The lowest BCUT2D eigenvalue weighted by atomic mass is 9.78. The minimum absolute atomic E-state index is 0.00403. The molecule has 2 atom stereocenters. The van der Waals surface area contributed by atoms with Crippen LogP contribution < -0.4 is 15.9 Å². The second-order valence-corrected chi connectivity index (χ2v) is 7.74. The highest BCUT2D eigenvalue weighted by Gasteiger charge is 2.25. The number of amides is 1. The number of nitrogens with zero attached hydrogens (tertiary/aromatic N) is 1. The summed E-state index contributed by atoms with van der Waals surface area (Å²) in [6, 6.07) is 5.81. The van der Waals surface area contributed by atoms with Crippen LogP contribution in [0.15, 0.2) is 41.5 Å². The van der Waals surface area contributed by atoms with E-state index >= 15 is 0 Å². The molecule has 0 saturated heterocycles. The molecule has 164 valence electrons. The van der Waals surface area contributed by atoms with Crippen molar-refractivity contribution in [1.29, 1.82) is 0 Å². The number of primary amides is 1. The van der Waals surface area contributed by atoms with Gasteiger partial charge in [-0.15, -0.1) is 0 Å². The van der Waals surface area contributed by atoms with Gasteiger partial charge in [0, 0.05) is 24.0 Å². The molecular formula is C23H25F2N3O3. The summed E-state index contributed by atoms with van der Waals surface area (Å²) in [5.74, 6) is -1.37. The first kappa shape index (κ1) is 22.4.